The topological polar surface area (TPSA) is 58.6 Å². The van der Waals surface area contributed by atoms with Crippen molar-refractivity contribution in [1.82, 2.24) is 5.32 Å². The van der Waals surface area contributed by atoms with Crippen molar-refractivity contribution in [3.8, 4) is 5.75 Å². The Hall–Kier alpha value is -1.55. The number of benzene rings is 1. The van der Waals surface area contributed by atoms with E-state index in [1.165, 1.54) is 0 Å². The van der Waals surface area contributed by atoms with E-state index in [0.29, 0.717) is 17.7 Å². The van der Waals surface area contributed by atoms with E-state index in [2.05, 4.69) is 5.32 Å². The number of hydrogen-bond donors (Lipinski definition) is 2. The Kier molecular flexibility index (Phi) is 4.52. The van der Waals surface area contributed by atoms with Crippen LogP contribution in [0.3, 0.4) is 0 Å². The maximum absolute atomic E-state index is 11.7. The molecule has 94 valence electrons. The predicted molar refractivity (Wildman–Crippen MR) is 66.2 cm³/mol. The lowest BCUT2D eigenvalue weighted by atomic mass is 10.0. The van der Waals surface area contributed by atoms with Gasteiger partial charge in [0.25, 0.3) is 5.91 Å². The van der Waals surface area contributed by atoms with Crippen molar-refractivity contribution in [3.05, 3.63) is 29.8 Å². The van der Waals surface area contributed by atoms with E-state index in [1.54, 1.807) is 38.3 Å². The van der Waals surface area contributed by atoms with Gasteiger partial charge in [-0.25, -0.2) is 0 Å². The molecule has 2 N–H and O–H groups in total. The van der Waals surface area contributed by atoms with Crippen LogP contribution in [-0.2, 0) is 0 Å². The summed E-state index contributed by atoms with van der Waals surface area (Å²) >= 11 is 0. The highest BCUT2D eigenvalue weighted by Crippen LogP contribution is 2.12. The van der Waals surface area contributed by atoms with Crippen molar-refractivity contribution >= 4 is 5.91 Å². The molecule has 4 nitrogen and oxygen atoms in total. The molecule has 1 amide bonds. The second-order valence-corrected chi connectivity index (χ2v) is 4.26. The molecular formula is C13H19NO3. The summed E-state index contributed by atoms with van der Waals surface area (Å²) in [5.74, 6) is 0.517. The Morgan fingerprint density at radius 3 is 2.47 bits per heavy atom. The van der Waals surface area contributed by atoms with Crippen LogP contribution in [-0.4, -0.2) is 30.3 Å². The molecule has 0 heterocycles. The second kappa shape index (κ2) is 5.68. The highest BCUT2D eigenvalue weighted by molar-refractivity contribution is 5.94. The first kappa shape index (κ1) is 13.5. The van der Waals surface area contributed by atoms with E-state index in [4.69, 9.17) is 4.74 Å². The van der Waals surface area contributed by atoms with Crippen molar-refractivity contribution in [2.75, 3.05) is 13.7 Å². The summed E-state index contributed by atoms with van der Waals surface area (Å²) in [6, 6.07) is 6.84. The van der Waals surface area contributed by atoms with Crippen molar-refractivity contribution < 1.29 is 14.6 Å². The van der Waals surface area contributed by atoms with Crippen LogP contribution < -0.4 is 10.1 Å². The predicted octanol–water partition coefficient (Wildman–Crippen LogP) is 1.59. The number of hydrogen-bond acceptors (Lipinski definition) is 3. The highest BCUT2D eigenvalue weighted by atomic mass is 16.5. The molecule has 17 heavy (non-hydrogen) atoms. The van der Waals surface area contributed by atoms with E-state index in [9.17, 15) is 9.90 Å². The monoisotopic (exact) mass is 237 g/mol. The Morgan fingerprint density at radius 1 is 1.41 bits per heavy atom. The van der Waals surface area contributed by atoms with E-state index in [0.717, 1.165) is 0 Å². The normalized spacial score (nSPS) is 13.9. The smallest absolute Gasteiger partial charge is 0.251 e. The number of aliphatic hydroxyl groups is 1. The van der Waals surface area contributed by atoms with Gasteiger partial charge in [-0.3, -0.25) is 4.79 Å². The molecule has 0 fully saturated rings. The number of ether oxygens (including phenoxy) is 1. The van der Waals surface area contributed by atoms with Gasteiger partial charge in [-0.15, -0.1) is 0 Å². The largest absolute Gasteiger partial charge is 0.497 e. The van der Waals surface area contributed by atoms with Gasteiger partial charge in [-0.05, 0) is 37.6 Å². The summed E-state index contributed by atoms with van der Waals surface area (Å²) in [4.78, 5) is 11.7. The van der Waals surface area contributed by atoms with Crippen molar-refractivity contribution in [2.24, 2.45) is 0 Å². The van der Waals surface area contributed by atoms with Gasteiger partial charge >= 0.3 is 0 Å². The lowest BCUT2D eigenvalue weighted by Crippen LogP contribution is -2.40. The summed E-state index contributed by atoms with van der Waals surface area (Å²) in [6.45, 7) is 3.81. The maximum Gasteiger partial charge on any atom is 0.251 e. The minimum Gasteiger partial charge on any atom is -0.497 e. The Labute approximate surface area is 102 Å². The van der Waals surface area contributed by atoms with Crippen molar-refractivity contribution in [1.29, 1.82) is 0 Å². The number of carbonyl (C=O) groups is 1. The van der Waals surface area contributed by atoms with Gasteiger partial charge in [0, 0.05) is 12.1 Å². The molecule has 0 bridgehead atoms. The molecule has 0 spiro atoms. The molecule has 1 rings (SSSR count). The second-order valence-electron chi connectivity index (χ2n) is 4.26. The third-order valence-corrected chi connectivity index (χ3v) is 2.74. The van der Waals surface area contributed by atoms with Crippen LogP contribution in [0.1, 0.15) is 30.6 Å². The highest BCUT2D eigenvalue weighted by Gasteiger charge is 2.18. The minimum absolute atomic E-state index is 0.193. The number of carbonyl (C=O) groups excluding carboxylic acids is 1. The van der Waals surface area contributed by atoms with Crippen LogP contribution >= 0.6 is 0 Å². The van der Waals surface area contributed by atoms with Gasteiger partial charge in [0.05, 0.1) is 12.7 Å². The van der Waals surface area contributed by atoms with E-state index in [-0.39, 0.29) is 12.5 Å². The summed E-state index contributed by atoms with van der Waals surface area (Å²) in [5.41, 5.74) is -0.306. The van der Waals surface area contributed by atoms with Crippen LogP contribution in [0, 0.1) is 0 Å². The molecule has 0 aliphatic rings. The molecule has 0 radical (unpaired) electrons. The molecule has 0 saturated heterocycles. The molecule has 0 aliphatic heterocycles. The average molecular weight is 237 g/mol. The van der Waals surface area contributed by atoms with Gasteiger partial charge in [0.2, 0.25) is 0 Å². The quantitative estimate of drug-likeness (QED) is 0.817. The first-order valence-electron chi connectivity index (χ1n) is 5.63. The summed E-state index contributed by atoms with van der Waals surface area (Å²) in [6.07, 6.45) is 0.593. The zero-order chi connectivity index (χ0) is 12.9. The first-order chi connectivity index (χ1) is 7.98. The Morgan fingerprint density at radius 2 is 2.00 bits per heavy atom. The molecule has 0 aromatic heterocycles. The summed E-state index contributed by atoms with van der Waals surface area (Å²) in [5, 5.41) is 12.5. The SMILES string of the molecule is CCC(C)(O)CNC(=O)c1ccc(OC)cc1. The first-order valence-corrected chi connectivity index (χ1v) is 5.63. The van der Waals surface area contributed by atoms with Crippen LogP contribution in [0.15, 0.2) is 24.3 Å². The van der Waals surface area contributed by atoms with E-state index in [1.807, 2.05) is 6.92 Å². The van der Waals surface area contributed by atoms with Crippen LogP contribution in [0.2, 0.25) is 0 Å². The third-order valence-electron chi connectivity index (χ3n) is 2.74. The third kappa shape index (κ3) is 4.07. The van der Waals surface area contributed by atoms with Gasteiger partial charge in [-0.1, -0.05) is 6.92 Å². The van der Waals surface area contributed by atoms with Crippen LogP contribution in [0.25, 0.3) is 0 Å². The molecule has 1 atom stereocenters. The lowest BCUT2D eigenvalue weighted by Gasteiger charge is -2.21. The minimum atomic E-state index is -0.859. The number of rotatable bonds is 5. The van der Waals surface area contributed by atoms with E-state index >= 15 is 0 Å². The number of nitrogens with one attached hydrogen (secondary N) is 1. The number of methoxy groups -OCH3 is 1. The van der Waals surface area contributed by atoms with Gasteiger partial charge in [0.1, 0.15) is 5.75 Å². The molecule has 0 saturated carbocycles. The lowest BCUT2D eigenvalue weighted by molar-refractivity contribution is 0.0518. The number of amides is 1. The van der Waals surface area contributed by atoms with Crippen LogP contribution in [0.4, 0.5) is 0 Å². The fraction of sp³-hybridized carbons (Fsp3) is 0.462. The van der Waals surface area contributed by atoms with Crippen LogP contribution in [0.5, 0.6) is 5.75 Å². The molecular weight excluding hydrogens is 218 g/mol. The average Bonchev–Trinajstić information content (AvgIpc) is 2.36. The van der Waals surface area contributed by atoms with Gasteiger partial charge in [-0.2, -0.15) is 0 Å². The molecule has 1 aromatic carbocycles. The van der Waals surface area contributed by atoms with Crippen molar-refractivity contribution in [2.45, 2.75) is 25.9 Å². The summed E-state index contributed by atoms with van der Waals surface area (Å²) < 4.78 is 5.01. The standard InChI is InChI=1S/C13H19NO3/c1-4-13(2,16)9-14-12(15)10-5-7-11(17-3)8-6-10/h5-8,16H,4,9H2,1-3H3,(H,14,15). The zero-order valence-corrected chi connectivity index (χ0v) is 10.5. The van der Waals surface area contributed by atoms with Crippen molar-refractivity contribution in [3.63, 3.8) is 0 Å². The maximum atomic E-state index is 11.7. The summed E-state index contributed by atoms with van der Waals surface area (Å²) in [7, 11) is 1.58. The molecule has 1 unspecified atom stereocenters. The van der Waals surface area contributed by atoms with E-state index < -0.39 is 5.60 Å². The zero-order valence-electron chi connectivity index (χ0n) is 10.5. The molecule has 0 aliphatic carbocycles. The van der Waals surface area contributed by atoms with Gasteiger partial charge in [0.15, 0.2) is 0 Å². The Balaban J connectivity index is 2.58. The molecule has 1 aromatic rings. The fourth-order valence-electron chi connectivity index (χ4n) is 1.24. The van der Waals surface area contributed by atoms with Gasteiger partial charge < -0.3 is 15.2 Å². The Bertz CT molecular complexity index is 371. The fourth-order valence-corrected chi connectivity index (χ4v) is 1.24. The molecule has 4 heteroatoms.